The summed E-state index contributed by atoms with van der Waals surface area (Å²) in [5.74, 6) is 0.153. The second-order valence-corrected chi connectivity index (χ2v) is 5.81. The minimum atomic E-state index is 0.153. The molecule has 98 valence electrons. The summed E-state index contributed by atoms with van der Waals surface area (Å²) >= 11 is 3.45. The van der Waals surface area contributed by atoms with Gasteiger partial charge in [-0.2, -0.15) is 0 Å². The van der Waals surface area contributed by atoms with Crippen LogP contribution < -0.4 is 4.90 Å². The fourth-order valence-corrected chi connectivity index (χ4v) is 2.98. The predicted molar refractivity (Wildman–Crippen MR) is 75.6 cm³/mol. The molecular formula is C13H18BrN3O. The van der Waals surface area contributed by atoms with Crippen LogP contribution in [0.15, 0.2) is 22.9 Å². The third-order valence-electron chi connectivity index (χ3n) is 3.35. The molecule has 0 aliphatic carbocycles. The Morgan fingerprint density at radius 3 is 2.44 bits per heavy atom. The molecule has 1 amide bonds. The van der Waals surface area contributed by atoms with Crippen molar-refractivity contribution in [3.63, 3.8) is 0 Å². The molecule has 0 bridgehead atoms. The van der Waals surface area contributed by atoms with E-state index in [9.17, 15) is 4.79 Å². The third-order valence-corrected chi connectivity index (χ3v) is 3.79. The van der Waals surface area contributed by atoms with Gasteiger partial charge in [-0.25, -0.2) is 0 Å². The van der Waals surface area contributed by atoms with Crippen molar-refractivity contribution in [3.8, 4) is 0 Å². The number of hydrogen-bond donors (Lipinski definition) is 0. The Kier molecular flexibility index (Phi) is 3.90. The summed E-state index contributed by atoms with van der Waals surface area (Å²) in [7, 11) is 0. The summed E-state index contributed by atoms with van der Waals surface area (Å²) in [6.07, 6.45) is 3.66. The zero-order valence-electron chi connectivity index (χ0n) is 10.9. The average molecular weight is 312 g/mol. The van der Waals surface area contributed by atoms with E-state index in [0.29, 0.717) is 12.1 Å². The summed E-state index contributed by atoms with van der Waals surface area (Å²) in [5.41, 5.74) is 1.10. The Bertz CT molecular complexity index is 440. The zero-order valence-corrected chi connectivity index (χ0v) is 12.5. The number of carbonyl (C=O) groups is 1. The first-order valence-corrected chi connectivity index (χ1v) is 6.92. The van der Waals surface area contributed by atoms with Gasteiger partial charge in [0.05, 0.1) is 11.9 Å². The van der Waals surface area contributed by atoms with E-state index in [4.69, 9.17) is 0 Å². The number of pyridine rings is 1. The van der Waals surface area contributed by atoms with Gasteiger partial charge in [0.1, 0.15) is 0 Å². The lowest BCUT2D eigenvalue weighted by Gasteiger charge is -2.45. The zero-order chi connectivity index (χ0) is 13.3. The van der Waals surface area contributed by atoms with Gasteiger partial charge in [0, 0.05) is 42.8 Å². The van der Waals surface area contributed by atoms with Crippen molar-refractivity contribution in [1.82, 2.24) is 9.88 Å². The Morgan fingerprint density at radius 1 is 1.33 bits per heavy atom. The SMILES string of the molecule is CC(=O)N1C[C@@H](C)N(c2cncc(Br)c2)[C@@H](C)C1. The molecule has 4 nitrogen and oxygen atoms in total. The maximum atomic E-state index is 11.5. The molecule has 0 aromatic carbocycles. The molecule has 2 atom stereocenters. The average Bonchev–Trinajstić information content (AvgIpc) is 2.27. The van der Waals surface area contributed by atoms with Crippen LogP contribution in [-0.2, 0) is 4.79 Å². The molecule has 1 aliphatic rings. The first-order valence-electron chi connectivity index (χ1n) is 6.13. The number of amides is 1. The molecule has 2 rings (SSSR count). The second kappa shape index (κ2) is 5.26. The molecule has 0 unspecified atom stereocenters. The lowest BCUT2D eigenvalue weighted by molar-refractivity contribution is -0.130. The monoisotopic (exact) mass is 311 g/mol. The number of piperazine rings is 1. The van der Waals surface area contributed by atoms with E-state index in [1.165, 1.54) is 0 Å². The van der Waals surface area contributed by atoms with Crippen LogP contribution >= 0.6 is 15.9 Å². The number of anilines is 1. The minimum Gasteiger partial charge on any atom is -0.361 e. The summed E-state index contributed by atoms with van der Waals surface area (Å²) in [5, 5.41) is 0. The number of aromatic nitrogens is 1. The van der Waals surface area contributed by atoms with Crippen molar-refractivity contribution in [2.24, 2.45) is 0 Å². The number of carbonyl (C=O) groups excluding carboxylic acids is 1. The van der Waals surface area contributed by atoms with Crippen LogP contribution in [0.4, 0.5) is 5.69 Å². The minimum absolute atomic E-state index is 0.153. The molecule has 2 heterocycles. The second-order valence-electron chi connectivity index (χ2n) is 4.89. The van der Waals surface area contributed by atoms with Gasteiger partial charge in [-0.1, -0.05) is 0 Å². The molecule has 1 aliphatic heterocycles. The molecule has 0 saturated carbocycles. The van der Waals surface area contributed by atoms with Crippen molar-refractivity contribution in [1.29, 1.82) is 0 Å². The molecule has 1 fully saturated rings. The van der Waals surface area contributed by atoms with Crippen molar-refractivity contribution in [2.75, 3.05) is 18.0 Å². The highest BCUT2D eigenvalue weighted by Gasteiger charge is 2.30. The molecule has 0 N–H and O–H groups in total. The van der Waals surface area contributed by atoms with Crippen molar-refractivity contribution in [3.05, 3.63) is 22.9 Å². The number of halogens is 1. The molecular weight excluding hydrogens is 294 g/mol. The fourth-order valence-electron chi connectivity index (χ4n) is 2.63. The third kappa shape index (κ3) is 2.66. The van der Waals surface area contributed by atoms with Gasteiger partial charge in [0.15, 0.2) is 0 Å². The maximum Gasteiger partial charge on any atom is 0.219 e. The van der Waals surface area contributed by atoms with E-state index in [1.807, 2.05) is 11.1 Å². The van der Waals surface area contributed by atoms with Gasteiger partial charge in [-0.05, 0) is 35.8 Å². The van der Waals surface area contributed by atoms with E-state index in [0.717, 1.165) is 23.2 Å². The highest BCUT2D eigenvalue weighted by atomic mass is 79.9. The molecule has 0 spiro atoms. The Morgan fingerprint density at radius 2 is 1.94 bits per heavy atom. The summed E-state index contributed by atoms with van der Waals surface area (Å²) < 4.78 is 0.980. The number of hydrogen-bond acceptors (Lipinski definition) is 3. The van der Waals surface area contributed by atoms with Crippen LogP contribution in [0.5, 0.6) is 0 Å². The van der Waals surface area contributed by atoms with E-state index in [2.05, 4.69) is 45.7 Å². The van der Waals surface area contributed by atoms with Crippen LogP contribution in [0.25, 0.3) is 0 Å². The lowest BCUT2D eigenvalue weighted by Crippen LogP contribution is -2.58. The van der Waals surface area contributed by atoms with Gasteiger partial charge >= 0.3 is 0 Å². The van der Waals surface area contributed by atoms with Crippen molar-refractivity contribution in [2.45, 2.75) is 32.9 Å². The van der Waals surface area contributed by atoms with Crippen molar-refractivity contribution >= 4 is 27.5 Å². The normalized spacial score (nSPS) is 24.2. The summed E-state index contributed by atoms with van der Waals surface area (Å²) in [6.45, 7) is 7.47. The van der Waals surface area contributed by atoms with Crippen LogP contribution in [0.1, 0.15) is 20.8 Å². The highest BCUT2D eigenvalue weighted by molar-refractivity contribution is 9.10. The van der Waals surface area contributed by atoms with E-state index in [1.54, 1.807) is 13.1 Å². The van der Waals surface area contributed by atoms with Gasteiger partial charge in [0.2, 0.25) is 5.91 Å². The standard InChI is InChI=1S/C13H18BrN3O/c1-9-7-16(11(3)18)8-10(2)17(9)13-4-12(14)5-15-6-13/h4-6,9-10H,7-8H2,1-3H3/t9-,10+. The first kappa shape index (κ1) is 13.3. The summed E-state index contributed by atoms with van der Waals surface area (Å²) in [6, 6.07) is 2.67. The van der Waals surface area contributed by atoms with E-state index >= 15 is 0 Å². The van der Waals surface area contributed by atoms with Gasteiger partial charge in [-0.3, -0.25) is 9.78 Å². The molecule has 1 aromatic rings. The molecule has 5 heteroatoms. The molecule has 18 heavy (non-hydrogen) atoms. The van der Waals surface area contributed by atoms with Gasteiger partial charge in [0.25, 0.3) is 0 Å². The molecule has 0 radical (unpaired) electrons. The fraction of sp³-hybridized carbons (Fsp3) is 0.538. The number of rotatable bonds is 1. The molecule has 1 saturated heterocycles. The van der Waals surface area contributed by atoms with Crippen LogP contribution in [0.3, 0.4) is 0 Å². The smallest absolute Gasteiger partial charge is 0.219 e. The van der Waals surface area contributed by atoms with Crippen LogP contribution in [0.2, 0.25) is 0 Å². The van der Waals surface area contributed by atoms with E-state index < -0.39 is 0 Å². The number of nitrogens with zero attached hydrogens (tertiary/aromatic N) is 3. The predicted octanol–water partition coefficient (Wildman–Crippen LogP) is 2.29. The maximum absolute atomic E-state index is 11.5. The lowest BCUT2D eigenvalue weighted by atomic mass is 10.1. The quantitative estimate of drug-likeness (QED) is 0.798. The van der Waals surface area contributed by atoms with Gasteiger partial charge < -0.3 is 9.80 Å². The molecule has 1 aromatic heterocycles. The van der Waals surface area contributed by atoms with E-state index in [-0.39, 0.29) is 5.91 Å². The Balaban J connectivity index is 2.22. The summed E-state index contributed by atoms with van der Waals surface area (Å²) in [4.78, 5) is 19.9. The van der Waals surface area contributed by atoms with Gasteiger partial charge in [-0.15, -0.1) is 0 Å². The largest absolute Gasteiger partial charge is 0.361 e. The van der Waals surface area contributed by atoms with Crippen LogP contribution in [0, 0.1) is 0 Å². The first-order chi connectivity index (χ1) is 8.49. The highest BCUT2D eigenvalue weighted by Crippen LogP contribution is 2.26. The Labute approximate surface area is 116 Å². The topological polar surface area (TPSA) is 36.4 Å². The Hall–Kier alpha value is -1.10. The van der Waals surface area contributed by atoms with Crippen LogP contribution in [-0.4, -0.2) is 41.0 Å². The van der Waals surface area contributed by atoms with Crippen molar-refractivity contribution < 1.29 is 4.79 Å².